The van der Waals surface area contributed by atoms with E-state index in [2.05, 4.69) is 45.8 Å². The van der Waals surface area contributed by atoms with Crippen LogP contribution in [0.15, 0.2) is 60.7 Å². The minimum atomic E-state index is -3.84. The van der Waals surface area contributed by atoms with Crippen LogP contribution in [0.1, 0.15) is 28.1 Å². The normalized spacial score (nSPS) is 11.6. The van der Waals surface area contributed by atoms with Gasteiger partial charge >= 0.3 is 0 Å². The standard InChI is InChI=1S/C23H26N4O3S/c1-16-7-10-22(11-8-16)27-17(2)13-20(18(27)3)9-12-23(28)25-15-19-5-4-6-21(14-19)26-31(24,29)30/h4-14,26H,15H2,1-3H3,(H,25,28)(H2,24,29,30). The Hall–Kier alpha value is -3.36. The molecular formula is C23H26N4O3S. The number of aromatic nitrogens is 1. The van der Waals surface area contributed by atoms with Gasteiger partial charge in [0.2, 0.25) is 5.91 Å². The van der Waals surface area contributed by atoms with Crippen molar-refractivity contribution in [2.24, 2.45) is 5.14 Å². The molecule has 162 valence electrons. The summed E-state index contributed by atoms with van der Waals surface area (Å²) in [4.78, 5) is 12.3. The van der Waals surface area contributed by atoms with Gasteiger partial charge in [-0.15, -0.1) is 0 Å². The summed E-state index contributed by atoms with van der Waals surface area (Å²) >= 11 is 0. The maximum absolute atomic E-state index is 12.3. The fraction of sp³-hybridized carbons (Fsp3) is 0.174. The molecule has 0 fully saturated rings. The van der Waals surface area contributed by atoms with E-state index in [1.54, 1.807) is 30.3 Å². The summed E-state index contributed by atoms with van der Waals surface area (Å²) in [6, 6.07) is 17.0. The van der Waals surface area contributed by atoms with Crippen LogP contribution in [0.5, 0.6) is 0 Å². The minimum Gasteiger partial charge on any atom is -0.348 e. The molecule has 7 nitrogen and oxygen atoms in total. The van der Waals surface area contributed by atoms with Crippen LogP contribution in [0, 0.1) is 20.8 Å². The Balaban J connectivity index is 1.66. The predicted octanol–water partition coefficient (Wildman–Crippen LogP) is 3.35. The average Bonchev–Trinajstić information content (AvgIpc) is 2.98. The number of carbonyl (C=O) groups excluding carboxylic acids is 1. The Morgan fingerprint density at radius 1 is 1.06 bits per heavy atom. The second-order valence-electron chi connectivity index (χ2n) is 7.40. The molecular weight excluding hydrogens is 412 g/mol. The number of anilines is 1. The topological polar surface area (TPSA) is 106 Å². The maximum Gasteiger partial charge on any atom is 0.296 e. The zero-order valence-corrected chi connectivity index (χ0v) is 18.5. The first-order valence-corrected chi connectivity index (χ1v) is 11.3. The van der Waals surface area contributed by atoms with Crippen LogP contribution in [0.2, 0.25) is 0 Å². The lowest BCUT2D eigenvalue weighted by atomic mass is 10.2. The number of aryl methyl sites for hydroxylation is 2. The molecule has 0 bridgehead atoms. The molecule has 3 aromatic rings. The molecule has 31 heavy (non-hydrogen) atoms. The number of nitrogens with one attached hydrogen (secondary N) is 2. The lowest BCUT2D eigenvalue weighted by molar-refractivity contribution is -0.116. The minimum absolute atomic E-state index is 0.245. The molecule has 0 aliphatic rings. The van der Waals surface area contributed by atoms with Gasteiger partial charge in [-0.3, -0.25) is 9.52 Å². The maximum atomic E-state index is 12.3. The van der Waals surface area contributed by atoms with Crippen molar-refractivity contribution >= 4 is 27.9 Å². The summed E-state index contributed by atoms with van der Waals surface area (Å²) < 4.78 is 26.6. The first-order valence-electron chi connectivity index (χ1n) is 9.74. The van der Waals surface area contributed by atoms with E-state index in [1.807, 2.05) is 19.9 Å². The predicted molar refractivity (Wildman–Crippen MR) is 124 cm³/mol. The third-order valence-electron chi connectivity index (χ3n) is 4.83. The van der Waals surface area contributed by atoms with E-state index in [0.717, 1.165) is 28.2 Å². The Bertz CT molecular complexity index is 1230. The molecule has 0 saturated carbocycles. The van der Waals surface area contributed by atoms with Crippen molar-refractivity contribution in [2.45, 2.75) is 27.3 Å². The molecule has 1 amide bonds. The number of rotatable bonds is 7. The number of hydrogen-bond donors (Lipinski definition) is 3. The SMILES string of the molecule is Cc1ccc(-n2c(C)cc(C=CC(=O)NCc3cccc(NS(N)(=O)=O)c3)c2C)cc1. The average molecular weight is 439 g/mol. The summed E-state index contributed by atoms with van der Waals surface area (Å²) in [5.74, 6) is -0.245. The number of amides is 1. The molecule has 1 heterocycles. The molecule has 0 radical (unpaired) electrons. The van der Waals surface area contributed by atoms with Gasteiger partial charge in [0, 0.05) is 29.7 Å². The van der Waals surface area contributed by atoms with Crippen LogP contribution in [0.4, 0.5) is 5.69 Å². The third kappa shape index (κ3) is 6.07. The molecule has 0 aliphatic carbocycles. The molecule has 0 saturated heterocycles. The van der Waals surface area contributed by atoms with Crippen molar-refractivity contribution in [3.05, 3.63) is 88.8 Å². The summed E-state index contributed by atoms with van der Waals surface area (Å²) in [6.45, 7) is 6.37. The van der Waals surface area contributed by atoms with Gasteiger partial charge in [0.25, 0.3) is 10.2 Å². The van der Waals surface area contributed by atoms with Gasteiger partial charge in [-0.1, -0.05) is 29.8 Å². The summed E-state index contributed by atoms with van der Waals surface area (Å²) in [5, 5.41) is 7.78. The van der Waals surface area contributed by atoms with Gasteiger partial charge in [0.15, 0.2) is 0 Å². The van der Waals surface area contributed by atoms with Gasteiger partial charge in [-0.25, -0.2) is 5.14 Å². The summed E-state index contributed by atoms with van der Waals surface area (Å²) in [6.07, 6.45) is 3.29. The van der Waals surface area contributed by atoms with Crippen molar-refractivity contribution in [3.8, 4) is 5.69 Å². The second-order valence-corrected chi connectivity index (χ2v) is 8.69. The molecule has 8 heteroatoms. The number of hydrogen-bond acceptors (Lipinski definition) is 3. The van der Waals surface area contributed by atoms with E-state index in [-0.39, 0.29) is 12.5 Å². The molecule has 1 aromatic heterocycles. The Labute approximate surface area is 182 Å². The monoisotopic (exact) mass is 438 g/mol. The Morgan fingerprint density at radius 3 is 2.45 bits per heavy atom. The van der Waals surface area contributed by atoms with E-state index in [4.69, 9.17) is 5.14 Å². The zero-order valence-electron chi connectivity index (χ0n) is 17.7. The van der Waals surface area contributed by atoms with Crippen LogP contribution in [0.25, 0.3) is 11.8 Å². The number of nitrogens with zero attached hydrogens (tertiary/aromatic N) is 1. The van der Waals surface area contributed by atoms with Gasteiger partial charge in [-0.05, 0) is 68.3 Å². The molecule has 0 aliphatic heterocycles. The number of nitrogens with two attached hydrogens (primary N) is 1. The lowest BCUT2D eigenvalue weighted by Gasteiger charge is -2.10. The fourth-order valence-corrected chi connectivity index (χ4v) is 3.83. The first-order chi connectivity index (χ1) is 14.6. The van der Waals surface area contributed by atoms with Crippen molar-refractivity contribution < 1.29 is 13.2 Å². The van der Waals surface area contributed by atoms with E-state index in [9.17, 15) is 13.2 Å². The van der Waals surface area contributed by atoms with E-state index in [1.165, 1.54) is 11.6 Å². The van der Waals surface area contributed by atoms with Crippen molar-refractivity contribution in [2.75, 3.05) is 4.72 Å². The quantitative estimate of drug-likeness (QED) is 0.493. The van der Waals surface area contributed by atoms with Crippen molar-refractivity contribution in [3.63, 3.8) is 0 Å². The van der Waals surface area contributed by atoms with Gasteiger partial charge in [0.1, 0.15) is 0 Å². The first kappa shape index (κ1) is 22.3. The smallest absolute Gasteiger partial charge is 0.296 e. The fourth-order valence-electron chi connectivity index (χ4n) is 3.37. The Morgan fingerprint density at radius 2 is 1.77 bits per heavy atom. The molecule has 2 aromatic carbocycles. The highest BCUT2D eigenvalue weighted by Crippen LogP contribution is 2.22. The van der Waals surface area contributed by atoms with Gasteiger partial charge in [0.05, 0.1) is 5.69 Å². The molecule has 4 N–H and O–H groups in total. The highest BCUT2D eigenvalue weighted by Gasteiger charge is 2.09. The number of benzene rings is 2. The van der Waals surface area contributed by atoms with E-state index < -0.39 is 10.2 Å². The second kappa shape index (κ2) is 9.20. The zero-order chi connectivity index (χ0) is 22.6. The lowest BCUT2D eigenvalue weighted by Crippen LogP contribution is -2.22. The van der Waals surface area contributed by atoms with Gasteiger partial charge in [-0.2, -0.15) is 8.42 Å². The van der Waals surface area contributed by atoms with Crippen LogP contribution in [0.3, 0.4) is 0 Å². The van der Waals surface area contributed by atoms with Crippen LogP contribution in [-0.2, 0) is 21.5 Å². The summed E-state index contributed by atoms with van der Waals surface area (Å²) in [5.41, 5.74) is 6.47. The third-order valence-corrected chi connectivity index (χ3v) is 5.35. The molecule has 0 spiro atoms. The van der Waals surface area contributed by atoms with Crippen molar-refractivity contribution in [1.29, 1.82) is 0 Å². The molecule has 0 atom stereocenters. The van der Waals surface area contributed by atoms with Gasteiger partial charge < -0.3 is 9.88 Å². The molecule has 3 rings (SSSR count). The number of carbonyl (C=O) groups is 1. The van der Waals surface area contributed by atoms with Crippen LogP contribution < -0.4 is 15.2 Å². The van der Waals surface area contributed by atoms with E-state index in [0.29, 0.717) is 5.69 Å². The highest BCUT2D eigenvalue weighted by atomic mass is 32.2. The molecule has 0 unspecified atom stereocenters. The van der Waals surface area contributed by atoms with E-state index >= 15 is 0 Å². The van der Waals surface area contributed by atoms with Crippen molar-refractivity contribution in [1.82, 2.24) is 9.88 Å². The summed E-state index contributed by atoms with van der Waals surface area (Å²) in [7, 11) is -3.84. The van der Waals surface area contributed by atoms with Crippen LogP contribution >= 0.6 is 0 Å². The van der Waals surface area contributed by atoms with Crippen LogP contribution in [-0.4, -0.2) is 18.9 Å². The highest BCUT2D eigenvalue weighted by molar-refractivity contribution is 7.90. The largest absolute Gasteiger partial charge is 0.348 e. The Kier molecular flexibility index (Phi) is 6.62.